The maximum absolute atomic E-state index is 11.3. The fraction of sp³-hybridized carbons (Fsp3) is 0.667. The standard InChI is InChI=1S/C9H14O4/c1-5-6(13-3)4-7(10)9(2,12)8(5)11/h4-5,8,11-12H,1-3H3/t5-,8+,9+/m0/s1. The second-order valence-corrected chi connectivity index (χ2v) is 3.50. The highest BCUT2D eigenvalue weighted by molar-refractivity contribution is 5.98. The van der Waals surface area contributed by atoms with Crippen molar-refractivity contribution in [3.63, 3.8) is 0 Å². The van der Waals surface area contributed by atoms with Gasteiger partial charge in [0, 0.05) is 12.0 Å². The number of aliphatic hydroxyl groups excluding tert-OH is 1. The van der Waals surface area contributed by atoms with Gasteiger partial charge in [0.25, 0.3) is 0 Å². The summed E-state index contributed by atoms with van der Waals surface area (Å²) in [4.78, 5) is 11.3. The summed E-state index contributed by atoms with van der Waals surface area (Å²) in [6.45, 7) is 3.00. The monoisotopic (exact) mass is 186 g/mol. The van der Waals surface area contributed by atoms with Gasteiger partial charge in [0.1, 0.15) is 5.76 Å². The molecule has 1 aliphatic rings. The van der Waals surface area contributed by atoms with Crippen molar-refractivity contribution in [1.29, 1.82) is 0 Å². The highest BCUT2D eigenvalue weighted by Crippen LogP contribution is 2.30. The number of rotatable bonds is 1. The van der Waals surface area contributed by atoms with Crippen LogP contribution < -0.4 is 0 Å². The molecule has 74 valence electrons. The Balaban J connectivity index is 3.06. The van der Waals surface area contributed by atoms with E-state index in [0.717, 1.165) is 0 Å². The molecular formula is C9H14O4. The summed E-state index contributed by atoms with van der Waals surface area (Å²) in [6.07, 6.45) is 0.122. The van der Waals surface area contributed by atoms with Crippen molar-refractivity contribution in [3.8, 4) is 0 Å². The Labute approximate surface area is 76.8 Å². The molecule has 0 unspecified atom stereocenters. The molecule has 2 N–H and O–H groups in total. The first-order valence-corrected chi connectivity index (χ1v) is 4.11. The van der Waals surface area contributed by atoms with Crippen LogP contribution in [0.1, 0.15) is 13.8 Å². The van der Waals surface area contributed by atoms with Crippen molar-refractivity contribution in [2.75, 3.05) is 7.11 Å². The van der Waals surface area contributed by atoms with Gasteiger partial charge in [0.15, 0.2) is 11.4 Å². The van der Waals surface area contributed by atoms with Crippen LogP contribution in [0.5, 0.6) is 0 Å². The fourth-order valence-corrected chi connectivity index (χ4v) is 1.44. The van der Waals surface area contributed by atoms with E-state index in [2.05, 4.69) is 0 Å². The molecule has 3 atom stereocenters. The van der Waals surface area contributed by atoms with Crippen LogP contribution in [0, 0.1) is 5.92 Å². The summed E-state index contributed by atoms with van der Waals surface area (Å²) in [7, 11) is 1.43. The topological polar surface area (TPSA) is 66.8 Å². The number of carbonyl (C=O) groups excluding carboxylic acids is 1. The number of hydrogen-bond donors (Lipinski definition) is 2. The third kappa shape index (κ3) is 1.47. The Hall–Kier alpha value is -0.870. The van der Waals surface area contributed by atoms with Crippen LogP contribution in [-0.2, 0) is 9.53 Å². The molecule has 0 aromatic carbocycles. The van der Waals surface area contributed by atoms with Crippen molar-refractivity contribution >= 4 is 5.78 Å². The van der Waals surface area contributed by atoms with Gasteiger partial charge in [-0.1, -0.05) is 6.92 Å². The zero-order valence-corrected chi connectivity index (χ0v) is 7.94. The van der Waals surface area contributed by atoms with Crippen molar-refractivity contribution in [2.24, 2.45) is 5.92 Å². The molecule has 0 saturated heterocycles. The average Bonchev–Trinajstić information content (AvgIpc) is 2.09. The zero-order chi connectivity index (χ0) is 10.2. The molecule has 0 aromatic heterocycles. The summed E-state index contributed by atoms with van der Waals surface area (Å²) in [5.74, 6) is -0.475. The van der Waals surface area contributed by atoms with Crippen molar-refractivity contribution in [1.82, 2.24) is 0 Å². The SMILES string of the molecule is COC1=CC(=O)[C@@](C)(O)[C@H](O)[C@H]1C. The molecule has 1 rings (SSSR count). The summed E-state index contributed by atoms with van der Waals surface area (Å²) in [6, 6.07) is 0. The van der Waals surface area contributed by atoms with E-state index in [1.165, 1.54) is 20.1 Å². The minimum Gasteiger partial charge on any atom is -0.501 e. The van der Waals surface area contributed by atoms with Crippen LogP contribution in [0.3, 0.4) is 0 Å². The van der Waals surface area contributed by atoms with Crippen molar-refractivity contribution in [3.05, 3.63) is 11.8 Å². The number of carbonyl (C=O) groups is 1. The van der Waals surface area contributed by atoms with Gasteiger partial charge in [-0.3, -0.25) is 4.79 Å². The van der Waals surface area contributed by atoms with Crippen LogP contribution in [0.2, 0.25) is 0 Å². The molecule has 0 spiro atoms. The Bertz CT molecular complexity index is 254. The van der Waals surface area contributed by atoms with E-state index in [0.29, 0.717) is 5.76 Å². The fourth-order valence-electron chi connectivity index (χ4n) is 1.44. The Morgan fingerprint density at radius 2 is 2.15 bits per heavy atom. The van der Waals surface area contributed by atoms with Crippen molar-refractivity contribution < 1.29 is 19.7 Å². The smallest absolute Gasteiger partial charge is 0.192 e. The minimum absolute atomic E-state index is 0.363. The van der Waals surface area contributed by atoms with Gasteiger partial charge in [0.05, 0.1) is 13.2 Å². The number of ether oxygens (including phenoxy) is 1. The lowest BCUT2D eigenvalue weighted by molar-refractivity contribution is -0.149. The van der Waals surface area contributed by atoms with Crippen LogP contribution in [-0.4, -0.2) is 34.8 Å². The van der Waals surface area contributed by atoms with Crippen LogP contribution in [0.15, 0.2) is 11.8 Å². The highest BCUT2D eigenvalue weighted by Gasteiger charge is 2.45. The molecule has 0 bridgehead atoms. The van der Waals surface area contributed by atoms with Gasteiger partial charge in [-0.05, 0) is 6.92 Å². The Morgan fingerprint density at radius 3 is 2.62 bits per heavy atom. The predicted octanol–water partition coefficient (Wildman–Crippen LogP) is -0.153. The van der Waals surface area contributed by atoms with E-state index in [4.69, 9.17) is 4.74 Å². The summed E-state index contributed by atoms with van der Waals surface area (Å²) < 4.78 is 4.91. The average molecular weight is 186 g/mol. The Morgan fingerprint density at radius 1 is 1.62 bits per heavy atom. The molecule has 1 aliphatic carbocycles. The lowest BCUT2D eigenvalue weighted by Gasteiger charge is -2.35. The number of methoxy groups -OCH3 is 1. The summed E-state index contributed by atoms with van der Waals surface area (Å²) in [5.41, 5.74) is -1.69. The third-order valence-corrected chi connectivity index (χ3v) is 2.51. The van der Waals surface area contributed by atoms with E-state index in [1.807, 2.05) is 0 Å². The first-order chi connectivity index (χ1) is 5.91. The molecule has 0 heterocycles. The lowest BCUT2D eigenvalue weighted by Crippen LogP contribution is -2.52. The van der Waals surface area contributed by atoms with E-state index < -0.39 is 17.5 Å². The van der Waals surface area contributed by atoms with Gasteiger partial charge in [-0.15, -0.1) is 0 Å². The molecule has 0 fully saturated rings. The van der Waals surface area contributed by atoms with E-state index in [9.17, 15) is 15.0 Å². The largest absolute Gasteiger partial charge is 0.501 e. The van der Waals surface area contributed by atoms with Crippen LogP contribution >= 0.6 is 0 Å². The normalized spacial score (nSPS) is 40.1. The maximum Gasteiger partial charge on any atom is 0.192 e. The first-order valence-electron chi connectivity index (χ1n) is 4.11. The van der Waals surface area contributed by atoms with E-state index >= 15 is 0 Å². The zero-order valence-electron chi connectivity index (χ0n) is 7.94. The van der Waals surface area contributed by atoms with Gasteiger partial charge in [-0.25, -0.2) is 0 Å². The van der Waals surface area contributed by atoms with Gasteiger partial charge in [-0.2, -0.15) is 0 Å². The molecule has 4 nitrogen and oxygen atoms in total. The number of ketones is 1. The third-order valence-electron chi connectivity index (χ3n) is 2.51. The molecule has 0 radical (unpaired) electrons. The quantitative estimate of drug-likeness (QED) is 0.597. The molecule has 0 aromatic rings. The predicted molar refractivity (Wildman–Crippen MR) is 45.9 cm³/mol. The number of aliphatic hydroxyl groups is 2. The second kappa shape index (κ2) is 3.12. The molecule has 0 amide bonds. The lowest BCUT2D eigenvalue weighted by atomic mass is 9.80. The molecule has 0 aliphatic heterocycles. The molecule has 13 heavy (non-hydrogen) atoms. The minimum atomic E-state index is -1.69. The van der Waals surface area contributed by atoms with Gasteiger partial charge < -0.3 is 14.9 Å². The van der Waals surface area contributed by atoms with E-state index in [-0.39, 0.29) is 5.92 Å². The van der Waals surface area contributed by atoms with E-state index in [1.54, 1.807) is 6.92 Å². The number of hydrogen-bond acceptors (Lipinski definition) is 4. The van der Waals surface area contributed by atoms with Crippen LogP contribution in [0.4, 0.5) is 0 Å². The molecular weight excluding hydrogens is 172 g/mol. The molecule has 4 heteroatoms. The second-order valence-electron chi connectivity index (χ2n) is 3.50. The van der Waals surface area contributed by atoms with Crippen LogP contribution in [0.25, 0.3) is 0 Å². The highest BCUT2D eigenvalue weighted by atomic mass is 16.5. The summed E-state index contributed by atoms with van der Waals surface area (Å²) in [5, 5.41) is 19.2. The van der Waals surface area contributed by atoms with Gasteiger partial charge >= 0.3 is 0 Å². The summed E-state index contributed by atoms with van der Waals surface area (Å²) >= 11 is 0. The molecule has 0 saturated carbocycles. The first kappa shape index (κ1) is 10.2. The Kier molecular flexibility index (Phi) is 2.45. The van der Waals surface area contributed by atoms with Crippen molar-refractivity contribution in [2.45, 2.75) is 25.6 Å². The van der Waals surface area contributed by atoms with Gasteiger partial charge in [0.2, 0.25) is 0 Å². The maximum atomic E-state index is 11.3.